The lowest BCUT2D eigenvalue weighted by atomic mass is 10.1. The van der Waals surface area contributed by atoms with Crippen molar-refractivity contribution in [1.82, 2.24) is 0 Å². The molecule has 0 fully saturated rings. The molecule has 4 N–H and O–H groups in total. The number of anilines is 1. The largest absolute Gasteiger partial charge is 0.478 e. The van der Waals surface area contributed by atoms with E-state index in [0.717, 1.165) is 6.07 Å². The fourth-order valence-electron chi connectivity index (χ4n) is 1.67. The molecule has 5 nitrogen and oxygen atoms in total. The third kappa shape index (κ3) is 4.45. The Labute approximate surface area is 118 Å². The molecule has 116 valence electrons. The van der Waals surface area contributed by atoms with Crippen LogP contribution in [0.1, 0.15) is 35.7 Å². The van der Waals surface area contributed by atoms with Crippen molar-refractivity contribution in [1.29, 1.82) is 0 Å². The minimum atomic E-state index is -4.66. The van der Waals surface area contributed by atoms with Crippen molar-refractivity contribution in [2.45, 2.75) is 32.0 Å². The summed E-state index contributed by atoms with van der Waals surface area (Å²) in [5, 5.41) is 11.2. The SMILES string of the molecule is CCC[C@@H](N)C(=O)Nc1ccc(C(F)(F)F)cc1C(=O)O. The number of carboxylic acids is 1. The second kappa shape index (κ2) is 6.57. The molecule has 0 bridgehead atoms. The van der Waals surface area contributed by atoms with Crippen molar-refractivity contribution in [2.75, 3.05) is 5.32 Å². The normalized spacial score (nSPS) is 12.8. The maximum absolute atomic E-state index is 12.6. The first-order valence-corrected chi connectivity index (χ1v) is 6.17. The predicted octanol–water partition coefficient (Wildman–Crippen LogP) is 2.47. The third-order valence-corrected chi connectivity index (χ3v) is 2.77. The van der Waals surface area contributed by atoms with Crippen LogP contribution < -0.4 is 11.1 Å². The highest BCUT2D eigenvalue weighted by Crippen LogP contribution is 2.32. The van der Waals surface area contributed by atoms with E-state index in [1.807, 2.05) is 6.92 Å². The smallest absolute Gasteiger partial charge is 0.416 e. The highest BCUT2D eigenvalue weighted by atomic mass is 19.4. The van der Waals surface area contributed by atoms with Crippen LogP contribution in [0.5, 0.6) is 0 Å². The van der Waals surface area contributed by atoms with Gasteiger partial charge in [0.1, 0.15) is 0 Å². The van der Waals surface area contributed by atoms with E-state index in [4.69, 9.17) is 10.8 Å². The molecule has 0 heterocycles. The number of hydrogen-bond acceptors (Lipinski definition) is 3. The monoisotopic (exact) mass is 304 g/mol. The van der Waals surface area contributed by atoms with Gasteiger partial charge in [0.05, 0.1) is 22.9 Å². The number of nitrogens with one attached hydrogen (secondary N) is 1. The third-order valence-electron chi connectivity index (χ3n) is 2.77. The molecule has 0 radical (unpaired) electrons. The summed E-state index contributed by atoms with van der Waals surface area (Å²) in [6, 6.07) is 1.23. The van der Waals surface area contributed by atoms with Crippen molar-refractivity contribution in [3.05, 3.63) is 29.3 Å². The van der Waals surface area contributed by atoms with E-state index >= 15 is 0 Å². The molecule has 1 aromatic carbocycles. The molecule has 8 heteroatoms. The molecule has 1 amide bonds. The van der Waals surface area contributed by atoms with Crippen LogP contribution in [0, 0.1) is 0 Å². The zero-order chi connectivity index (χ0) is 16.2. The van der Waals surface area contributed by atoms with E-state index < -0.39 is 35.2 Å². The number of carboxylic acid groups (broad SMARTS) is 1. The number of halogens is 3. The average Bonchev–Trinajstić information content (AvgIpc) is 2.37. The molecule has 0 aliphatic rings. The maximum atomic E-state index is 12.6. The Kier molecular flexibility index (Phi) is 5.31. The van der Waals surface area contributed by atoms with Crippen LogP contribution in [0.15, 0.2) is 18.2 Å². The van der Waals surface area contributed by atoms with Crippen LogP contribution in [0.3, 0.4) is 0 Å². The molecular formula is C13H15F3N2O3. The van der Waals surface area contributed by atoms with Crippen LogP contribution >= 0.6 is 0 Å². The van der Waals surface area contributed by atoms with Gasteiger partial charge in [-0.2, -0.15) is 13.2 Å². The van der Waals surface area contributed by atoms with Gasteiger partial charge in [-0.25, -0.2) is 4.79 Å². The van der Waals surface area contributed by atoms with E-state index in [-0.39, 0.29) is 5.69 Å². The van der Waals surface area contributed by atoms with Crippen molar-refractivity contribution >= 4 is 17.6 Å². The molecule has 0 aromatic heterocycles. The van der Waals surface area contributed by atoms with Gasteiger partial charge in [0.2, 0.25) is 5.91 Å². The molecule has 21 heavy (non-hydrogen) atoms. The number of nitrogens with two attached hydrogens (primary N) is 1. The Morgan fingerprint density at radius 1 is 1.38 bits per heavy atom. The van der Waals surface area contributed by atoms with Crippen LogP contribution in [0.25, 0.3) is 0 Å². The van der Waals surface area contributed by atoms with Gasteiger partial charge in [-0.05, 0) is 24.6 Å². The molecule has 1 atom stereocenters. The number of alkyl halides is 3. The van der Waals surface area contributed by atoms with Crippen molar-refractivity contribution in [2.24, 2.45) is 5.73 Å². The number of benzene rings is 1. The molecule has 0 saturated carbocycles. The van der Waals surface area contributed by atoms with Gasteiger partial charge >= 0.3 is 12.1 Å². The summed E-state index contributed by atoms with van der Waals surface area (Å²) in [4.78, 5) is 22.7. The fourth-order valence-corrected chi connectivity index (χ4v) is 1.67. The van der Waals surface area contributed by atoms with Crippen LogP contribution in [0.2, 0.25) is 0 Å². The Morgan fingerprint density at radius 3 is 2.48 bits per heavy atom. The maximum Gasteiger partial charge on any atom is 0.416 e. The standard InChI is InChI=1S/C13H15F3N2O3/c1-2-3-9(17)11(19)18-10-5-4-7(13(14,15)16)6-8(10)12(20)21/h4-6,9H,2-3,17H2,1H3,(H,18,19)(H,20,21)/t9-/m1/s1. The van der Waals surface area contributed by atoms with Gasteiger partial charge in [0, 0.05) is 0 Å². The summed E-state index contributed by atoms with van der Waals surface area (Å²) in [5.74, 6) is -2.21. The lowest BCUT2D eigenvalue weighted by molar-refractivity contribution is -0.137. The Morgan fingerprint density at radius 2 is 2.00 bits per heavy atom. The van der Waals surface area contributed by atoms with Crippen LogP contribution in [-0.2, 0) is 11.0 Å². The highest BCUT2D eigenvalue weighted by molar-refractivity contribution is 6.02. The van der Waals surface area contributed by atoms with Gasteiger partial charge in [-0.1, -0.05) is 13.3 Å². The summed E-state index contributed by atoms with van der Waals surface area (Å²) in [5.41, 5.74) is 3.61. The number of rotatable bonds is 5. The molecule has 0 aliphatic heterocycles. The molecule has 0 spiro atoms. The predicted molar refractivity (Wildman–Crippen MR) is 69.9 cm³/mol. The number of aromatic carboxylic acids is 1. The fraction of sp³-hybridized carbons (Fsp3) is 0.385. The zero-order valence-electron chi connectivity index (χ0n) is 11.2. The first kappa shape index (κ1) is 17.0. The molecule has 1 rings (SSSR count). The van der Waals surface area contributed by atoms with E-state index in [9.17, 15) is 22.8 Å². The van der Waals surface area contributed by atoms with E-state index in [2.05, 4.69) is 5.32 Å². The first-order chi connectivity index (χ1) is 9.66. The second-order valence-corrected chi connectivity index (χ2v) is 4.45. The Balaban J connectivity index is 3.08. The van der Waals surface area contributed by atoms with Crippen molar-refractivity contribution < 1.29 is 27.9 Å². The van der Waals surface area contributed by atoms with Crippen LogP contribution in [-0.4, -0.2) is 23.0 Å². The van der Waals surface area contributed by atoms with Crippen LogP contribution in [0.4, 0.5) is 18.9 Å². The topological polar surface area (TPSA) is 92.4 Å². The van der Waals surface area contributed by atoms with E-state index in [0.29, 0.717) is 25.0 Å². The van der Waals surface area contributed by atoms with Gasteiger partial charge in [0.25, 0.3) is 0 Å². The summed E-state index contributed by atoms with van der Waals surface area (Å²) in [6.07, 6.45) is -3.63. The average molecular weight is 304 g/mol. The number of carbonyl (C=O) groups excluding carboxylic acids is 1. The van der Waals surface area contributed by atoms with Crippen molar-refractivity contribution in [3.8, 4) is 0 Å². The quantitative estimate of drug-likeness (QED) is 0.779. The summed E-state index contributed by atoms with van der Waals surface area (Å²) in [6.45, 7) is 1.81. The van der Waals surface area contributed by atoms with E-state index in [1.165, 1.54) is 0 Å². The lowest BCUT2D eigenvalue weighted by Crippen LogP contribution is -2.35. The highest BCUT2D eigenvalue weighted by Gasteiger charge is 2.32. The summed E-state index contributed by atoms with van der Waals surface area (Å²) in [7, 11) is 0. The van der Waals surface area contributed by atoms with E-state index in [1.54, 1.807) is 0 Å². The first-order valence-electron chi connectivity index (χ1n) is 6.17. The van der Waals surface area contributed by atoms with Gasteiger partial charge in [0.15, 0.2) is 0 Å². The summed E-state index contributed by atoms with van der Waals surface area (Å²) >= 11 is 0. The van der Waals surface area contributed by atoms with Gasteiger partial charge in [-0.15, -0.1) is 0 Å². The lowest BCUT2D eigenvalue weighted by Gasteiger charge is -2.14. The molecule has 1 aromatic rings. The van der Waals surface area contributed by atoms with Gasteiger partial charge < -0.3 is 16.2 Å². The molecular weight excluding hydrogens is 289 g/mol. The Hall–Kier alpha value is -2.09. The Bertz CT molecular complexity index is 544. The molecule has 0 unspecified atom stereocenters. The second-order valence-electron chi connectivity index (χ2n) is 4.45. The minimum absolute atomic E-state index is 0.216. The molecule has 0 aliphatic carbocycles. The number of hydrogen-bond donors (Lipinski definition) is 3. The van der Waals surface area contributed by atoms with Crippen molar-refractivity contribution in [3.63, 3.8) is 0 Å². The summed E-state index contributed by atoms with van der Waals surface area (Å²) < 4.78 is 37.7. The van der Waals surface area contributed by atoms with Gasteiger partial charge in [-0.3, -0.25) is 4.79 Å². The number of amides is 1. The number of carbonyl (C=O) groups is 2. The minimum Gasteiger partial charge on any atom is -0.478 e. The zero-order valence-corrected chi connectivity index (χ0v) is 11.2. The molecule has 0 saturated heterocycles.